The third kappa shape index (κ3) is 4.89. The Morgan fingerprint density at radius 2 is 1.86 bits per heavy atom. The lowest BCUT2D eigenvalue weighted by Crippen LogP contribution is -2.32. The minimum absolute atomic E-state index is 0.0995. The third-order valence-electron chi connectivity index (χ3n) is 2.65. The lowest BCUT2D eigenvalue weighted by atomic mass is 10.3. The second-order valence-corrected chi connectivity index (χ2v) is 4.74. The van der Waals surface area contributed by atoms with Gasteiger partial charge in [0.1, 0.15) is 24.0 Å². The van der Waals surface area contributed by atoms with Gasteiger partial charge >= 0.3 is 6.03 Å². The second kappa shape index (κ2) is 7.61. The number of amides is 2. The Morgan fingerprint density at radius 3 is 2.55 bits per heavy atom. The Bertz CT molecular complexity index is 650. The maximum Gasteiger partial charge on any atom is 0.319 e. The number of nitrogens with one attached hydrogen (secondary N) is 2. The standard InChI is InChI=1S/C15H13ClF2N2O2/c16-10-1-4-12(5-2-10)22-8-7-19-15(21)20-14-6-3-11(17)9-13(14)18/h1-6,9H,7-8H2,(H2,19,20,21). The van der Waals surface area contributed by atoms with Gasteiger partial charge in [-0.3, -0.25) is 0 Å². The molecule has 0 aromatic heterocycles. The van der Waals surface area contributed by atoms with Gasteiger partial charge in [-0.15, -0.1) is 0 Å². The van der Waals surface area contributed by atoms with Crippen LogP contribution in [0.5, 0.6) is 5.75 Å². The predicted molar refractivity (Wildman–Crippen MR) is 80.3 cm³/mol. The molecule has 2 aromatic rings. The van der Waals surface area contributed by atoms with Crippen LogP contribution >= 0.6 is 11.6 Å². The van der Waals surface area contributed by atoms with E-state index in [4.69, 9.17) is 16.3 Å². The van der Waals surface area contributed by atoms with Crippen LogP contribution < -0.4 is 15.4 Å². The number of halogens is 3. The number of urea groups is 1. The molecule has 0 unspecified atom stereocenters. The van der Waals surface area contributed by atoms with Crippen molar-refractivity contribution in [1.82, 2.24) is 5.32 Å². The molecule has 7 heteroatoms. The van der Waals surface area contributed by atoms with Crippen molar-refractivity contribution in [2.75, 3.05) is 18.5 Å². The third-order valence-corrected chi connectivity index (χ3v) is 2.90. The molecule has 0 aliphatic rings. The Balaban J connectivity index is 1.72. The van der Waals surface area contributed by atoms with Crippen LogP contribution in [0, 0.1) is 11.6 Å². The zero-order valence-electron chi connectivity index (χ0n) is 11.4. The Morgan fingerprint density at radius 1 is 1.14 bits per heavy atom. The number of carbonyl (C=O) groups is 1. The fourth-order valence-corrected chi connectivity index (χ4v) is 1.75. The van der Waals surface area contributed by atoms with Crippen molar-refractivity contribution in [1.29, 1.82) is 0 Å². The molecule has 116 valence electrons. The molecular formula is C15H13ClF2N2O2. The summed E-state index contributed by atoms with van der Waals surface area (Å²) in [4.78, 5) is 11.5. The van der Waals surface area contributed by atoms with Gasteiger partial charge < -0.3 is 15.4 Å². The first kappa shape index (κ1) is 16.0. The fourth-order valence-electron chi connectivity index (χ4n) is 1.62. The van der Waals surface area contributed by atoms with Crippen LogP contribution in [0.4, 0.5) is 19.3 Å². The molecule has 0 atom stereocenters. The van der Waals surface area contributed by atoms with Gasteiger partial charge in [-0.25, -0.2) is 13.6 Å². The summed E-state index contributed by atoms with van der Waals surface area (Å²) in [6.45, 7) is 0.457. The van der Waals surface area contributed by atoms with Gasteiger partial charge in [0.25, 0.3) is 0 Å². The topological polar surface area (TPSA) is 50.4 Å². The van der Waals surface area contributed by atoms with Crippen molar-refractivity contribution in [3.05, 3.63) is 59.1 Å². The van der Waals surface area contributed by atoms with E-state index >= 15 is 0 Å². The van der Waals surface area contributed by atoms with Crippen molar-refractivity contribution < 1.29 is 18.3 Å². The Kier molecular flexibility index (Phi) is 5.55. The summed E-state index contributed by atoms with van der Waals surface area (Å²) in [5.74, 6) is -0.927. The zero-order valence-corrected chi connectivity index (χ0v) is 12.2. The highest BCUT2D eigenvalue weighted by molar-refractivity contribution is 6.30. The second-order valence-electron chi connectivity index (χ2n) is 4.31. The number of rotatable bonds is 5. The van der Waals surface area contributed by atoms with Crippen LogP contribution in [-0.2, 0) is 0 Å². The molecule has 2 amide bonds. The SMILES string of the molecule is O=C(NCCOc1ccc(Cl)cc1)Nc1ccc(F)cc1F. The predicted octanol–water partition coefficient (Wildman–Crippen LogP) is 3.82. The molecule has 0 heterocycles. The molecule has 0 saturated heterocycles. The molecular weight excluding hydrogens is 314 g/mol. The van der Waals surface area contributed by atoms with Crippen molar-refractivity contribution in [3.8, 4) is 5.75 Å². The van der Waals surface area contributed by atoms with Crippen LogP contribution in [0.15, 0.2) is 42.5 Å². The van der Waals surface area contributed by atoms with Crippen molar-refractivity contribution in [2.24, 2.45) is 0 Å². The quantitative estimate of drug-likeness (QED) is 0.821. The summed E-state index contributed by atoms with van der Waals surface area (Å²) < 4.78 is 31.4. The van der Waals surface area contributed by atoms with Gasteiger partial charge in [0.2, 0.25) is 0 Å². The van der Waals surface area contributed by atoms with Gasteiger partial charge in [-0.2, -0.15) is 0 Å². The van der Waals surface area contributed by atoms with Crippen LogP contribution in [0.1, 0.15) is 0 Å². The van der Waals surface area contributed by atoms with Crippen LogP contribution in [0.2, 0.25) is 5.02 Å². The number of anilines is 1. The smallest absolute Gasteiger partial charge is 0.319 e. The van der Waals surface area contributed by atoms with Crippen molar-refractivity contribution in [3.63, 3.8) is 0 Å². The van der Waals surface area contributed by atoms with E-state index in [-0.39, 0.29) is 18.8 Å². The zero-order chi connectivity index (χ0) is 15.9. The van der Waals surface area contributed by atoms with E-state index in [1.807, 2.05) is 0 Å². The van der Waals surface area contributed by atoms with E-state index < -0.39 is 17.7 Å². The van der Waals surface area contributed by atoms with Crippen LogP contribution in [0.25, 0.3) is 0 Å². The molecule has 0 bridgehead atoms. The van der Waals surface area contributed by atoms with Gasteiger partial charge in [0.05, 0.1) is 12.2 Å². The average Bonchev–Trinajstić information content (AvgIpc) is 2.48. The number of ether oxygens (including phenoxy) is 1. The average molecular weight is 327 g/mol. The Hall–Kier alpha value is -2.34. The highest BCUT2D eigenvalue weighted by Gasteiger charge is 2.07. The lowest BCUT2D eigenvalue weighted by molar-refractivity contribution is 0.247. The van der Waals surface area contributed by atoms with Gasteiger partial charge in [0, 0.05) is 11.1 Å². The Labute approximate surface area is 131 Å². The van der Waals surface area contributed by atoms with E-state index in [2.05, 4.69) is 10.6 Å². The molecule has 2 rings (SSSR count). The molecule has 0 radical (unpaired) electrons. The first-order chi connectivity index (χ1) is 10.5. The summed E-state index contributed by atoms with van der Waals surface area (Å²) >= 11 is 5.74. The highest BCUT2D eigenvalue weighted by atomic mass is 35.5. The maximum atomic E-state index is 13.3. The number of hydrogen-bond acceptors (Lipinski definition) is 2. The molecule has 22 heavy (non-hydrogen) atoms. The highest BCUT2D eigenvalue weighted by Crippen LogP contribution is 2.15. The van der Waals surface area contributed by atoms with E-state index in [1.54, 1.807) is 24.3 Å². The summed E-state index contributed by atoms with van der Waals surface area (Å²) in [6, 6.07) is 9.08. The minimum Gasteiger partial charge on any atom is -0.492 e. The summed E-state index contributed by atoms with van der Waals surface area (Å²) in [5.41, 5.74) is -0.0995. The normalized spacial score (nSPS) is 10.1. The monoisotopic (exact) mass is 326 g/mol. The fraction of sp³-hybridized carbons (Fsp3) is 0.133. The summed E-state index contributed by atoms with van der Waals surface area (Å²) in [5, 5.41) is 5.37. The van der Waals surface area contributed by atoms with E-state index in [9.17, 15) is 13.6 Å². The largest absolute Gasteiger partial charge is 0.492 e. The summed E-state index contributed by atoms with van der Waals surface area (Å²) in [6.07, 6.45) is 0. The first-order valence-electron chi connectivity index (χ1n) is 6.43. The van der Waals surface area contributed by atoms with Gasteiger partial charge in [-0.05, 0) is 36.4 Å². The van der Waals surface area contributed by atoms with Crippen LogP contribution in [-0.4, -0.2) is 19.2 Å². The van der Waals surface area contributed by atoms with Crippen LogP contribution in [0.3, 0.4) is 0 Å². The maximum absolute atomic E-state index is 13.3. The molecule has 4 nitrogen and oxygen atoms in total. The molecule has 2 aromatic carbocycles. The molecule has 0 aliphatic carbocycles. The number of benzene rings is 2. The molecule has 0 saturated carbocycles. The van der Waals surface area contributed by atoms with E-state index in [0.29, 0.717) is 16.8 Å². The van der Waals surface area contributed by atoms with E-state index in [0.717, 1.165) is 12.1 Å². The molecule has 0 spiro atoms. The van der Waals surface area contributed by atoms with E-state index in [1.165, 1.54) is 0 Å². The lowest BCUT2D eigenvalue weighted by Gasteiger charge is -2.09. The van der Waals surface area contributed by atoms with Gasteiger partial charge in [-0.1, -0.05) is 11.6 Å². The van der Waals surface area contributed by atoms with Crippen molar-refractivity contribution >= 4 is 23.3 Å². The summed E-state index contributed by atoms with van der Waals surface area (Å²) in [7, 11) is 0. The van der Waals surface area contributed by atoms with Crippen molar-refractivity contribution in [2.45, 2.75) is 0 Å². The van der Waals surface area contributed by atoms with Gasteiger partial charge in [0.15, 0.2) is 0 Å². The molecule has 0 aliphatic heterocycles. The minimum atomic E-state index is -0.840. The number of hydrogen-bond donors (Lipinski definition) is 2. The molecule has 0 fully saturated rings. The number of carbonyl (C=O) groups excluding carboxylic acids is 1. The first-order valence-corrected chi connectivity index (χ1v) is 6.80. The molecule has 2 N–H and O–H groups in total.